The van der Waals surface area contributed by atoms with Crippen molar-refractivity contribution in [3.05, 3.63) is 44.8 Å². The predicted molar refractivity (Wildman–Crippen MR) is 151 cm³/mol. The van der Waals surface area contributed by atoms with Crippen LogP contribution in [0, 0.1) is 11.7 Å². The van der Waals surface area contributed by atoms with E-state index in [1.54, 1.807) is 17.6 Å². The van der Waals surface area contributed by atoms with Crippen molar-refractivity contribution in [3.8, 4) is 0 Å². The maximum Gasteiger partial charge on any atom is 0.341 e. The fraction of sp³-hybridized carbons (Fsp3) is 0.462. The Labute approximate surface area is 238 Å². The number of amides is 2. The molecule has 0 spiro atoms. The first-order valence-electron chi connectivity index (χ1n) is 12.7. The largest absolute Gasteiger partial charge is 0.462 e. The summed E-state index contributed by atoms with van der Waals surface area (Å²) >= 11 is 2.29. The first kappa shape index (κ1) is 30.0. The van der Waals surface area contributed by atoms with Crippen molar-refractivity contribution >= 4 is 65.5 Å². The van der Waals surface area contributed by atoms with Gasteiger partial charge in [0.25, 0.3) is 5.91 Å². The molecule has 2 heterocycles. The van der Waals surface area contributed by atoms with Gasteiger partial charge in [-0.15, -0.1) is 11.3 Å². The van der Waals surface area contributed by atoms with E-state index in [0.29, 0.717) is 35.7 Å². The summed E-state index contributed by atoms with van der Waals surface area (Å²) in [5, 5.41) is 2.82. The molecule has 3 aromatic rings. The summed E-state index contributed by atoms with van der Waals surface area (Å²) in [6.07, 6.45) is 2.31. The Bertz CT molecular complexity index is 1620. The van der Waals surface area contributed by atoms with Gasteiger partial charge in [-0.1, -0.05) is 18.3 Å². The normalized spacial score (nSPS) is 15.7. The summed E-state index contributed by atoms with van der Waals surface area (Å²) in [7, 11) is -2.69. The number of nitrogens with one attached hydrogen (secondary N) is 1. The Morgan fingerprint density at radius 1 is 1.23 bits per heavy atom. The molecule has 216 valence electrons. The number of ether oxygens (including phenoxy) is 2. The van der Waals surface area contributed by atoms with Crippen molar-refractivity contribution in [2.75, 3.05) is 37.1 Å². The Kier molecular flexibility index (Phi) is 9.54. The number of esters is 1. The van der Waals surface area contributed by atoms with Gasteiger partial charge in [0, 0.05) is 18.5 Å². The number of benzene rings is 1. The third-order valence-electron chi connectivity index (χ3n) is 6.32. The minimum Gasteiger partial charge on any atom is -0.462 e. The van der Waals surface area contributed by atoms with E-state index in [2.05, 4.69) is 17.2 Å². The number of anilines is 1. The average Bonchev–Trinajstić information content (AvgIpc) is 3.37. The van der Waals surface area contributed by atoms with Crippen LogP contribution in [0.1, 0.15) is 41.1 Å². The molecule has 2 aromatic heterocycles. The van der Waals surface area contributed by atoms with E-state index < -0.39 is 44.9 Å². The number of methoxy groups -OCH3 is 1. The molecule has 0 radical (unpaired) electrons. The monoisotopic (exact) mass is 611 g/mol. The molecule has 4 rings (SSSR count). The quantitative estimate of drug-likeness (QED) is 0.348. The lowest BCUT2D eigenvalue weighted by molar-refractivity contribution is -0.115. The highest BCUT2D eigenvalue weighted by atomic mass is 32.2. The number of sulfone groups is 1. The van der Waals surface area contributed by atoms with E-state index in [9.17, 15) is 27.2 Å². The molecular weight excluding hydrogens is 581 g/mol. The predicted octanol–water partition coefficient (Wildman–Crippen LogP) is 3.33. The van der Waals surface area contributed by atoms with Gasteiger partial charge < -0.3 is 19.4 Å². The Morgan fingerprint density at radius 3 is 2.73 bits per heavy atom. The standard InChI is InChI=1S/C26H30FN3O7S3/c1-4-37-25(33)23-17-7-5-15(2)11-19(17)38-24(23)28-21(31)13-40(34,35)14-22(32)29-26-30(9-10-36-3)18-8-6-16(27)12-20(18)39-26/h6,8,12,15H,4-5,7,9-11,13-14H2,1-3H3,(H,28,31). The first-order valence-corrected chi connectivity index (χ1v) is 16.1. The Hall–Kier alpha value is -2.94. The van der Waals surface area contributed by atoms with Gasteiger partial charge in [-0.05, 0) is 55.9 Å². The number of fused-ring (bicyclic) bond motifs is 2. The number of rotatable bonds is 10. The number of carbonyl (C=O) groups excluding carboxylic acids is 3. The fourth-order valence-electron chi connectivity index (χ4n) is 4.53. The fourth-order valence-corrected chi connectivity index (χ4v) is 8.06. The van der Waals surface area contributed by atoms with Gasteiger partial charge in [0.2, 0.25) is 5.91 Å². The smallest absolute Gasteiger partial charge is 0.341 e. The second-order valence-corrected chi connectivity index (χ2v) is 13.7. The molecular formula is C26H30FN3O7S3. The van der Waals surface area contributed by atoms with Crippen LogP contribution < -0.4 is 10.1 Å². The van der Waals surface area contributed by atoms with Crippen LogP contribution in [-0.4, -0.2) is 62.6 Å². The van der Waals surface area contributed by atoms with Crippen LogP contribution in [0.3, 0.4) is 0 Å². The van der Waals surface area contributed by atoms with Crippen LogP contribution in [-0.2, 0) is 48.3 Å². The Morgan fingerprint density at radius 2 is 2.00 bits per heavy atom. The zero-order valence-electron chi connectivity index (χ0n) is 22.3. The van der Waals surface area contributed by atoms with E-state index in [4.69, 9.17) is 9.47 Å². The van der Waals surface area contributed by atoms with Gasteiger partial charge in [0.15, 0.2) is 14.6 Å². The molecule has 2 amide bonds. The van der Waals surface area contributed by atoms with E-state index in [0.717, 1.165) is 34.6 Å². The van der Waals surface area contributed by atoms with Gasteiger partial charge in [-0.2, -0.15) is 4.99 Å². The summed E-state index contributed by atoms with van der Waals surface area (Å²) in [4.78, 5) is 43.2. The van der Waals surface area contributed by atoms with Crippen molar-refractivity contribution < 1.29 is 36.7 Å². The highest BCUT2D eigenvalue weighted by Crippen LogP contribution is 2.40. The molecule has 1 unspecified atom stereocenters. The topological polar surface area (TPSA) is 133 Å². The second-order valence-electron chi connectivity index (χ2n) is 9.50. The summed E-state index contributed by atoms with van der Waals surface area (Å²) in [6, 6.07) is 4.14. The zero-order valence-corrected chi connectivity index (χ0v) is 24.8. The minimum atomic E-state index is -4.20. The number of carbonyl (C=O) groups is 3. The maximum atomic E-state index is 13.7. The molecule has 0 fully saturated rings. The number of hydrogen-bond donors (Lipinski definition) is 1. The van der Waals surface area contributed by atoms with Crippen molar-refractivity contribution in [2.24, 2.45) is 10.9 Å². The van der Waals surface area contributed by atoms with E-state index >= 15 is 0 Å². The third-order valence-corrected chi connectivity index (χ3v) is 9.92. The average molecular weight is 612 g/mol. The van der Waals surface area contributed by atoms with Gasteiger partial charge >= 0.3 is 5.97 Å². The van der Waals surface area contributed by atoms with Crippen molar-refractivity contribution in [3.63, 3.8) is 0 Å². The van der Waals surface area contributed by atoms with Gasteiger partial charge in [-0.25, -0.2) is 17.6 Å². The summed E-state index contributed by atoms with van der Waals surface area (Å²) in [6.45, 7) is 4.56. The number of thiophene rings is 1. The van der Waals surface area contributed by atoms with Crippen LogP contribution in [0.2, 0.25) is 0 Å². The first-order chi connectivity index (χ1) is 19.0. The molecule has 0 saturated carbocycles. The van der Waals surface area contributed by atoms with Crippen molar-refractivity contribution in [2.45, 2.75) is 39.7 Å². The minimum absolute atomic E-state index is 0.160. The SMILES string of the molecule is CCOC(=O)c1c(NC(=O)CS(=O)(=O)CC(=O)N=c2sc3cc(F)ccc3n2CCOC)sc2c1CCC(C)C2. The third kappa shape index (κ3) is 7.03. The Balaban J connectivity index is 1.51. The lowest BCUT2D eigenvalue weighted by Gasteiger charge is -2.18. The number of nitrogens with zero attached hydrogens (tertiary/aromatic N) is 2. The van der Waals surface area contributed by atoms with Crippen LogP contribution in [0.5, 0.6) is 0 Å². The molecule has 1 aromatic carbocycles. The molecule has 10 nitrogen and oxygen atoms in total. The number of hydrogen-bond acceptors (Lipinski definition) is 9. The number of aromatic nitrogens is 1. The van der Waals surface area contributed by atoms with E-state index in [1.807, 2.05) is 0 Å². The lowest BCUT2D eigenvalue weighted by Crippen LogP contribution is -2.28. The molecule has 40 heavy (non-hydrogen) atoms. The second kappa shape index (κ2) is 12.7. The van der Waals surface area contributed by atoms with Crippen LogP contribution in [0.25, 0.3) is 10.2 Å². The van der Waals surface area contributed by atoms with Crippen LogP contribution in [0.15, 0.2) is 23.2 Å². The highest BCUT2D eigenvalue weighted by molar-refractivity contribution is 7.92. The number of thiazole rings is 1. The van der Waals surface area contributed by atoms with E-state index in [1.165, 1.54) is 30.6 Å². The summed E-state index contributed by atoms with van der Waals surface area (Å²) in [5.41, 5.74) is 1.73. The summed E-state index contributed by atoms with van der Waals surface area (Å²) < 4.78 is 51.7. The van der Waals surface area contributed by atoms with Crippen molar-refractivity contribution in [1.82, 2.24) is 4.57 Å². The van der Waals surface area contributed by atoms with Crippen molar-refractivity contribution in [1.29, 1.82) is 0 Å². The molecule has 0 saturated heterocycles. The molecule has 0 aliphatic heterocycles. The van der Waals surface area contributed by atoms with Gasteiger partial charge in [0.05, 0.1) is 29.0 Å². The highest BCUT2D eigenvalue weighted by Gasteiger charge is 2.30. The molecule has 0 bridgehead atoms. The number of halogens is 1. The van der Waals surface area contributed by atoms with Gasteiger partial charge in [0.1, 0.15) is 22.3 Å². The molecule has 1 N–H and O–H groups in total. The lowest BCUT2D eigenvalue weighted by atomic mass is 9.88. The van der Waals surface area contributed by atoms with Crippen LogP contribution >= 0.6 is 22.7 Å². The molecule has 1 aliphatic rings. The van der Waals surface area contributed by atoms with Gasteiger partial charge in [-0.3, -0.25) is 9.59 Å². The maximum absolute atomic E-state index is 13.7. The van der Waals surface area contributed by atoms with Crippen LogP contribution in [0.4, 0.5) is 9.39 Å². The molecule has 1 aliphatic carbocycles. The van der Waals surface area contributed by atoms with E-state index in [-0.39, 0.29) is 22.0 Å². The molecule has 1 atom stereocenters. The zero-order chi connectivity index (χ0) is 29.0. The molecule has 14 heteroatoms. The summed E-state index contributed by atoms with van der Waals surface area (Å²) in [5.74, 6) is -4.37.